The Morgan fingerprint density at radius 1 is 1.29 bits per heavy atom. The molecule has 2 rings (SSSR count). The molecular formula is C14H17NO2. The molecule has 1 aliphatic heterocycles. The topological polar surface area (TPSA) is 40.5 Å². The van der Waals surface area contributed by atoms with Gasteiger partial charge in [-0.25, -0.2) is 4.79 Å². The van der Waals surface area contributed by atoms with Crippen LogP contribution >= 0.6 is 0 Å². The summed E-state index contributed by atoms with van der Waals surface area (Å²) in [6.45, 7) is 3.92. The first kappa shape index (κ1) is 11.7. The van der Waals surface area contributed by atoms with Crippen LogP contribution in [0.5, 0.6) is 0 Å². The van der Waals surface area contributed by atoms with Crippen LogP contribution in [-0.4, -0.2) is 24.2 Å². The van der Waals surface area contributed by atoms with E-state index in [0.29, 0.717) is 0 Å². The molecule has 1 heterocycles. The molecule has 1 N–H and O–H groups in total. The maximum atomic E-state index is 10.6. The van der Waals surface area contributed by atoms with E-state index in [0.717, 1.165) is 31.5 Å². The summed E-state index contributed by atoms with van der Waals surface area (Å²) < 4.78 is 0. The highest BCUT2D eigenvalue weighted by atomic mass is 16.4. The number of aliphatic carboxylic acids is 1. The van der Waals surface area contributed by atoms with Gasteiger partial charge in [0.15, 0.2) is 0 Å². The molecule has 0 radical (unpaired) electrons. The predicted octanol–water partition coefficient (Wildman–Crippen LogP) is 2.61. The number of benzene rings is 1. The molecule has 0 saturated carbocycles. The number of piperidine rings is 1. The van der Waals surface area contributed by atoms with Gasteiger partial charge in [0.05, 0.1) is 0 Å². The number of anilines is 1. The van der Waals surface area contributed by atoms with Crippen molar-refractivity contribution in [2.75, 3.05) is 18.0 Å². The summed E-state index contributed by atoms with van der Waals surface area (Å²) in [5.74, 6) is -0.829. The number of para-hydroxylation sites is 1. The molecule has 1 aromatic carbocycles. The highest BCUT2D eigenvalue weighted by Crippen LogP contribution is 2.25. The summed E-state index contributed by atoms with van der Waals surface area (Å²) in [7, 11) is 0. The van der Waals surface area contributed by atoms with Crippen molar-refractivity contribution in [1.82, 2.24) is 0 Å². The van der Waals surface area contributed by atoms with E-state index in [1.54, 1.807) is 0 Å². The van der Waals surface area contributed by atoms with E-state index in [1.165, 1.54) is 17.3 Å². The maximum Gasteiger partial charge on any atom is 0.328 e. The zero-order chi connectivity index (χ0) is 12.3. The SMILES string of the molecule is Cc1ccccc1N1CCC(=CC(=O)O)CC1. The van der Waals surface area contributed by atoms with E-state index in [9.17, 15) is 4.79 Å². The quantitative estimate of drug-likeness (QED) is 0.795. The molecule has 1 aliphatic rings. The number of nitrogens with zero attached hydrogens (tertiary/aromatic N) is 1. The molecule has 0 amide bonds. The predicted molar refractivity (Wildman–Crippen MR) is 68.3 cm³/mol. The van der Waals surface area contributed by atoms with Crippen molar-refractivity contribution >= 4 is 11.7 Å². The Kier molecular flexibility index (Phi) is 3.47. The lowest BCUT2D eigenvalue weighted by Gasteiger charge is -2.31. The molecule has 0 unspecified atom stereocenters. The molecule has 0 spiro atoms. The Bertz CT molecular complexity index is 441. The summed E-state index contributed by atoms with van der Waals surface area (Å²) in [6.07, 6.45) is 3.05. The number of carbonyl (C=O) groups is 1. The van der Waals surface area contributed by atoms with Crippen LogP contribution in [0, 0.1) is 6.92 Å². The van der Waals surface area contributed by atoms with E-state index < -0.39 is 5.97 Å². The smallest absolute Gasteiger partial charge is 0.328 e. The van der Waals surface area contributed by atoms with E-state index in [2.05, 4.69) is 24.0 Å². The molecule has 17 heavy (non-hydrogen) atoms. The second-order valence-electron chi connectivity index (χ2n) is 4.41. The number of aryl methyl sites for hydroxylation is 1. The minimum absolute atomic E-state index is 0.829. The summed E-state index contributed by atoms with van der Waals surface area (Å²) in [5, 5.41) is 8.70. The van der Waals surface area contributed by atoms with Crippen molar-refractivity contribution in [1.29, 1.82) is 0 Å². The zero-order valence-electron chi connectivity index (χ0n) is 10.0. The van der Waals surface area contributed by atoms with E-state index in [1.807, 2.05) is 12.1 Å². The Balaban J connectivity index is 2.05. The first-order chi connectivity index (χ1) is 8.16. The van der Waals surface area contributed by atoms with E-state index in [4.69, 9.17) is 5.11 Å². The number of hydrogen-bond acceptors (Lipinski definition) is 2. The van der Waals surface area contributed by atoms with Gasteiger partial charge in [-0.15, -0.1) is 0 Å². The van der Waals surface area contributed by atoms with Gasteiger partial charge >= 0.3 is 5.97 Å². The van der Waals surface area contributed by atoms with Gasteiger partial charge in [-0.05, 0) is 31.4 Å². The molecule has 1 fully saturated rings. The van der Waals surface area contributed by atoms with Crippen molar-refractivity contribution < 1.29 is 9.90 Å². The number of rotatable bonds is 2. The molecule has 0 aliphatic carbocycles. The molecule has 3 heteroatoms. The number of carboxylic acids is 1. The van der Waals surface area contributed by atoms with Gasteiger partial charge in [0, 0.05) is 24.9 Å². The lowest BCUT2D eigenvalue weighted by Crippen LogP contribution is -2.31. The fraction of sp³-hybridized carbons (Fsp3) is 0.357. The lowest BCUT2D eigenvalue weighted by atomic mass is 10.0. The van der Waals surface area contributed by atoms with Gasteiger partial charge < -0.3 is 10.0 Å². The minimum Gasteiger partial charge on any atom is -0.478 e. The van der Waals surface area contributed by atoms with E-state index >= 15 is 0 Å². The molecule has 1 saturated heterocycles. The van der Waals surface area contributed by atoms with Gasteiger partial charge in [0.25, 0.3) is 0 Å². The monoisotopic (exact) mass is 231 g/mol. The molecule has 0 atom stereocenters. The molecule has 90 valence electrons. The molecule has 0 aromatic heterocycles. The molecular weight excluding hydrogens is 214 g/mol. The van der Waals surface area contributed by atoms with Gasteiger partial charge in [-0.1, -0.05) is 23.8 Å². The standard InChI is InChI=1S/C14H17NO2/c1-11-4-2-3-5-13(11)15-8-6-12(7-9-15)10-14(16)17/h2-5,10H,6-9H2,1H3,(H,16,17). The Labute approximate surface area is 101 Å². The third-order valence-electron chi connectivity index (χ3n) is 3.19. The fourth-order valence-electron chi connectivity index (χ4n) is 2.27. The summed E-state index contributed by atoms with van der Waals surface area (Å²) in [6, 6.07) is 8.32. The number of carboxylic acid groups (broad SMARTS) is 1. The van der Waals surface area contributed by atoms with Crippen LogP contribution in [0.25, 0.3) is 0 Å². The van der Waals surface area contributed by atoms with Crippen molar-refractivity contribution in [3.05, 3.63) is 41.5 Å². The number of hydrogen-bond donors (Lipinski definition) is 1. The van der Waals surface area contributed by atoms with Crippen LogP contribution in [0.1, 0.15) is 18.4 Å². The van der Waals surface area contributed by atoms with Crippen molar-refractivity contribution in [3.63, 3.8) is 0 Å². The van der Waals surface area contributed by atoms with Crippen LogP contribution in [0.4, 0.5) is 5.69 Å². The van der Waals surface area contributed by atoms with Gasteiger partial charge in [-0.3, -0.25) is 0 Å². The van der Waals surface area contributed by atoms with Gasteiger partial charge in [0.2, 0.25) is 0 Å². The van der Waals surface area contributed by atoms with Crippen LogP contribution in [0.2, 0.25) is 0 Å². The third-order valence-corrected chi connectivity index (χ3v) is 3.19. The van der Waals surface area contributed by atoms with Gasteiger partial charge in [-0.2, -0.15) is 0 Å². The van der Waals surface area contributed by atoms with E-state index in [-0.39, 0.29) is 0 Å². The largest absolute Gasteiger partial charge is 0.478 e. The highest BCUT2D eigenvalue weighted by molar-refractivity contribution is 5.80. The summed E-state index contributed by atoms with van der Waals surface area (Å²) in [5.41, 5.74) is 3.59. The maximum absolute atomic E-state index is 10.6. The first-order valence-electron chi connectivity index (χ1n) is 5.90. The zero-order valence-corrected chi connectivity index (χ0v) is 10.0. The van der Waals surface area contributed by atoms with Gasteiger partial charge in [0.1, 0.15) is 0 Å². The summed E-state index contributed by atoms with van der Waals surface area (Å²) >= 11 is 0. The Hall–Kier alpha value is -1.77. The lowest BCUT2D eigenvalue weighted by molar-refractivity contribution is -0.131. The fourth-order valence-corrected chi connectivity index (χ4v) is 2.27. The van der Waals surface area contributed by atoms with Crippen LogP contribution in [0.3, 0.4) is 0 Å². The highest BCUT2D eigenvalue weighted by Gasteiger charge is 2.15. The first-order valence-corrected chi connectivity index (χ1v) is 5.90. The molecule has 3 nitrogen and oxygen atoms in total. The van der Waals surface area contributed by atoms with Crippen molar-refractivity contribution in [2.24, 2.45) is 0 Å². The van der Waals surface area contributed by atoms with Crippen LogP contribution in [0.15, 0.2) is 35.9 Å². The van der Waals surface area contributed by atoms with Crippen LogP contribution < -0.4 is 4.90 Å². The average Bonchev–Trinajstić information content (AvgIpc) is 2.30. The van der Waals surface area contributed by atoms with Crippen LogP contribution in [-0.2, 0) is 4.79 Å². The minimum atomic E-state index is -0.829. The second-order valence-corrected chi connectivity index (χ2v) is 4.41. The normalized spacial score (nSPS) is 15.8. The molecule has 0 bridgehead atoms. The summed E-state index contributed by atoms with van der Waals surface area (Å²) in [4.78, 5) is 12.9. The van der Waals surface area contributed by atoms with Crippen molar-refractivity contribution in [2.45, 2.75) is 19.8 Å². The Morgan fingerprint density at radius 3 is 2.53 bits per heavy atom. The third kappa shape index (κ3) is 2.87. The Morgan fingerprint density at radius 2 is 1.94 bits per heavy atom. The second kappa shape index (κ2) is 5.04. The van der Waals surface area contributed by atoms with Crippen molar-refractivity contribution in [3.8, 4) is 0 Å². The average molecular weight is 231 g/mol. The molecule has 1 aromatic rings.